The Labute approximate surface area is 236 Å². The SMILES string of the molecule is CCOCCn1c(=NC(=O)CSCC(=O)Nc2sc3c(c2C(=O)OC)CCCC3)sc2cc([N+](=O)[O-])ccc21. The average Bonchev–Trinajstić information content (AvgIpc) is 3.45. The summed E-state index contributed by atoms with van der Waals surface area (Å²) < 4.78 is 12.8. The number of aryl methyl sites for hydroxylation is 1. The fraction of sp³-hybridized carbons (Fsp3) is 0.440. The standard InChI is InChI=1S/C25H28N4O7S3/c1-3-36-11-10-28-17-9-8-15(29(33)34)12-19(17)39-25(28)27-21(31)14-37-13-20(30)26-23-22(24(32)35-2)16-6-4-5-7-18(16)38-23/h8-9,12H,3-7,10-11,13-14H2,1-2H3,(H,26,30). The van der Waals surface area contributed by atoms with Gasteiger partial charge in [0, 0.05) is 30.2 Å². The first kappa shape index (κ1) is 28.9. The van der Waals surface area contributed by atoms with Crippen molar-refractivity contribution < 1.29 is 28.8 Å². The van der Waals surface area contributed by atoms with E-state index in [9.17, 15) is 24.5 Å². The van der Waals surface area contributed by atoms with Gasteiger partial charge in [0.25, 0.3) is 11.6 Å². The van der Waals surface area contributed by atoms with E-state index in [-0.39, 0.29) is 23.1 Å². The molecule has 0 saturated heterocycles. The largest absolute Gasteiger partial charge is 0.465 e. The Morgan fingerprint density at radius 3 is 2.74 bits per heavy atom. The van der Waals surface area contributed by atoms with E-state index in [0.29, 0.717) is 39.8 Å². The molecule has 1 aliphatic rings. The highest BCUT2D eigenvalue weighted by atomic mass is 32.2. The first-order valence-electron chi connectivity index (χ1n) is 12.4. The number of carbonyl (C=O) groups is 3. The Morgan fingerprint density at radius 1 is 1.21 bits per heavy atom. The molecule has 0 fully saturated rings. The number of nitrogens with one attached hydrogen (secondary N) is 1. The molecule has 0 aliphatic heterocycles. The maximum absolute atomic E-state index is 12.7. The number of nitro groups is 1. The molecule has 0 saturated carbocycles. The zero-order valence-corrected chi connectivity index (χ0v) is 24.0. The Morgan fingerprint density at radius 2 is 2.00 bits per heavy atom. The minimum Gasteiger partial charge on any atom is -0.465 e. The number of benzene rings is 1. The van der Waals surface area contributed by atoms with E-state index >= 15 is 0 Å². The molecule has 1 aromatic carbocycles. The van der Waals surface area contributed by atoms with Crippen molar-refractivity contribution in [3.63, 3.8) is 0 Å². The van der Waals surface area contributed by atoms with Crippen LogP contribution < -0.4 is 10.1 Å². The van der Waals surface area contributed by atoms with Gasteiger partial charge in [-0.05, 0) is 44.2 Å². The zero-order valence-electron chi connectivity index (χ0n) is 21.5. The minimum absolute atomic E-state index is 0.00733. The molecule has 2 aromatic heterocycles. The number of thiophene rings is 1. The van der Waals surface area contributed by atoms with Crippen molar-refractivity contribution in [2.75, 3.05) is 37.1 Å². The van der Waals surface area contributed by atoms with E-state index < -0.39 is 16.8 Å². The number of fused-ring (bicyclic) bond motifs is 2. The second-order valence-corrected chi connectivity index (χ2v) is 11.7. The molecule has 39 heavy (non-hydrogen) atoms. The minimum atomic E-state index is -0.465. The van der Waals surface area contributed by atoms with E-state index in [1.54, 1.807) is 6.07 Å². The summed E-state index contributed by atoms with van der Waals surface area (Å²) in [5, 5.41) is 14.5. The second kappa shape index (κ2) is 13.3. The number of ether oxygens (including phenoxy) is 2. The van der Waals surface area contributed by atoms with Gasteiger partial charge in [0.15, 0.2) is 4.80 Å². The van der Waals surface area contributed by atoms with Crippen molar-refractivity contribution in [3.05, 3.63) is 49.1 Å². The molecule has 1 aliphatic carbocycles. The van der Waals surface area contributed by atoms with Crippen molar-refractivity contribution in [3.8, 4) is 0 Å². The lowest BCUT2D eigenvalue weighted by Gasteiger charge is -2.11. The van der Waals surface area contributed by atoms with E-state index in [1.165, 1.54) is 41.9 Å². The highest BCUT2D eigenvalue weighted by Gasteiger charge is 2.27. The number of nitro benzene ring substituents is 1. The highest BCUT2D eigenvalue weighted by molar-refractivity contribution is 8.00. The molecule has 0 unspecified atom stereocenters. The van der Waals surface area contributed by atoms with Crippen LogP contribution in [0.25, 0.3) is 10.2 Å². The predicted octanol–water partition coefficient (Wildman–Crippen LogP) is 4.17. The molecule has 0 bridgehead atoms. The summed E-state index contributed by atoms with van der Waals surface area (Å²) in [5.74, 6) is -1.23. The van der Waals surface area contributed by atoms with Crippen LogP contribution in [-0.2, 0) is 38.4 Å². The van der Waals surface area contributed by atoms with Crippen molar-refractivity contribution in [2.45, 2.75) is 39.2 Å². The number of methoxy groups -OCH3 is 1. The van der Waals surface area contributed by atoms with Gasteiger partial charge in [0.1, 0.15) is 5.00 Å². The Bertz CT molecular complexity index is 1470. The maximum atomic E-state index is 12.7. The number of carbonyl (C=O) groups excluding carboxylic acids is 3. The monoisotopic (exact) mass is 592 g/mol. The van der Waals surface area contributed by atoms with Crippen LogP contribution >= 0.6 is 34.4 Å². The smallest absolute Gasteiger partial charge is 0.341 e. The summed E-state index contributed by atoms with van der Waals surface area (Å²) in [6, 6.07) is 4.52. The number of thiazole rings is 1. The highest BCUT2D eigenvalue weighted by Crippen LogP contribution is 2.38. The normalized spacial score (nSPS) is 13.3. The number of rotatable bonds is 11. The first-order valence-corrected chi connectivity index (χ1v) is 15.1. The fourth-order valence-electron chi connectivity index (χ4n) is 4.28. The average molecular weight is 593 g/mol. The van der Waals surface area contributed by atoms with Gasteiger partial charge in [-0.2, -0.15) is 4.99 Å². The molecular weight excluding hydrogens is 564 g/mol. The Kier molecular flexibility index (Phi) is 9.88. The van der Waals surface area contributed by atoms with Gasteiger partial charge in [0.05, 0.1) is 45.9 Å². The molecule has 2 amide bonds. The summed E-state index contributed by atoms with van der Waals surface area (Å²) in [5.41, 5.74) is 2.08. The van der Waals surface area contributed by atoms with Crippen molar-refractivity contribution in [2.24, 2.45) is 4.99 Å². The lowest BCUT2D eigenvalue weighted by molar-refractivity contribution is -0.384. The molecular formula is C25H28N4O7S3. The number of amides is 2. The number of aromatic nitrogens is 1. The molecule has 14 heteroatoms. The topological polar surface area (TPSA) is 142 Å². The molecule has 0 spiro atoms. The summed E-state index contributed by atoms with van der Waals surface area (Å²) >= 11 is 3.71. The fourth-order valence-corrected chi connectivity index (χ4v) is 7.28. The van der Waals surface area contributed by atoms with Gasteiger partial charge in [-0.3, -0.25) is 19.7 Å². The molecule has 3 aromatic rings. The third kappa shape index (κ3) is 6.93. The van der Waals surface area contributed by atoms with E-state index in [4.69, 9.17) is 9.47 Å². The summed E-state index contributed by atoms with van der Waals surface area (Å²) in [6.07, 6.45) is 3.70. The van der Waals surface area contributed by atoms with Crippen LogP contribution in [-0.4, -0.2) is 59.1 Å². The summed E-state index contributed by atoms with van der Waals surface area (Å²) in [4.78, 5) is 54.2. The number of hydrogen-bond acceptors (Lipinski definition) is 10. The lowest BCUT2D eigenvalue weighted by atomic mass is 9.95. The third-order valence-electron chi connectivity index (χ3n) is 6.03. The lowest BCUT2D eigenvalue weighted by Crippen LogP contribution is -2.20. The van der Waals surface area contributed by atoms with Crippen LogP contribution in [0.5, 0.6) is 0 Å². The van der Waals surface area contributed by atoms with Crippen LogP contribution in [0, 0.1) is 10.1 Å². The second-order valence-electron chi connectivity index (χ2n) is 8.60. The van der Waals surface area contributed by atoms with Crippen LogP contribution in [0.15, 0.2) is 23.2 Å². The molecule has 11 nitrogen and oxygen atoms in total. The van der Waals surface area contributed by atoms with Crippen LogP contribution in [0.3, 0.4) is 0 Å². The number of thioether (sulfide) groups is 1. The molecule has 4 rings (SSSR count). The van der Waals surface area contributed by atoms with Gasteiger partial charge in [0.2, 0.25) is 5.91 Å². The number of non-ortho nitro benzene ring substituents is 1. The van der Waals surface area contributed by atoms with Gasteiger partial charge in [-0.1, -0.05) is 11.3 Å². The van der Waals surface area contributed by atoms with E-state index in [0.717, 1.165) is 53.4 Å². The Hall–Kier alpha value is -3.07. The maximum Gasteiger partial charge on any atom is 0.341 e. The van der Waals surface area contributed by atoms with Crippen molar-refractivity contribution >= 4 is 73.1 Å². The zero-order chi connectivity index (χ0) is 27.9. The van der Waals surface area contributed by atoms with Crippen LogP contribution in [0.2, 0.25) is 0 Å². The first-order chi connectivity index (χ1) is 18.8. The third-order valence-corrected chi connectivity index (χ3v) is 9.20. The van der Waals surface area contributed by atoms with Gasteiger partial charge < -0.3 is 19.4 Å². The summed E-state index contributed by atoms with van der Waals surface area (Å²) in [6.45, 7) is 3.24. The van der Waals surface area contributed by atoms with Gasteiger partial charge in [-0.15, -0.1) is 23.1 Å². The van der Waals surface area contributed by atoms with Crippen molar-refractivity contribution in [1.82, 2.24) is 4.57 Å². The van der Waals surface area contributed by atoms with Gasteiger partial charge >= 0.3 is 5.97 Å². The number of anilines is 1. The number of hydrogen-bond donors (Lipinski definition) is 1. The Balaban J connectivity index is 1.43. The molecule has 2 heterocycles. The summed E-state index contributed by atoms with van der Waals surface area (Å²) in [7, 11) is 1.32. The number of esters is 1. The van der Waals surface area contributed by atoms with E-state index in [1.807, 2.05) is 11.5 Å². The molecule has 0 atom stereocenters. The van der Waals surface area contributed by atoms with Gasteiger partial charge in [-0.25, -0.2) is 4.79 Å². The molecule has 208 valence electrons. The quantitative estimate of drug-likeness (QED) is 0.151. The molecule has 0 radical (unpaired) electrons. The van der Waals surface area contributed by atoms with E-state index in [2.05, 4.69) is 10.3 Å². The van der Waals surface area contributed by atoms with Crippen LogP contribution in [0.4, 0.5) is 10.7 Å². The molecule has 1 N–H and O–H groups in total. The van der Waals surface area contributed by atoms with Crippen molar-refractivity contribution in [1.29, 1.82) is 0 Å². The predicted molar refractivity (Wildman–Crippen MR) is 152 cm³/mol. The van der Waals surface area contributed by atoms with Crippen LogP contribution in [0.1, 0.15) is 40.6 Å². The number of nitrogens with zero attached hydrogens (tertiary/aromatic N) is 3.